The van der Waals surface area contributed by atoms with Crippen LogP contribution in [0.25, 0.3) is 17.1 Å². The van der Waals surface area contributed by atoms with E-state index in [0.29, 0.717) is 22.4 Å². The second-order valence-electron chi connectivity index (χ2n) is 6.75. The summed E-state index contributed by atoms with van der Waals surface area (Å²) in [6.07, 6.45) is 3.43. The number of benzene rings is 2. The van der Waals surface area contributed by atoms with Gasteiger partial charge in [-0.05, 0) is 48.9 Å². The van der Waals surface area contributed by atoms with Gasteiger partial charge in [0.05, 0.1) is 18.6 Å². The van der Waals surface area contributed by atoms with E-state index in [1.54, 1.807) is 19.5 Å². The van der Waals surface area contributed by atoms with Crippen LogP contribution in [0.3, 0.4) is 0 Å². The number of amides is 1. The summed E-state index contributed by atoms with van der Waals surface area (Å²) in [6, 6.07) is 19.3. The summed E-state index contributed by atoms with van der Waals surface area (Å²) in [7, 11) is 1.58. The molecular formula is C23H21N5O2S. The van der Waals surface area contributed by atoms with Gasteiger partial charge in [0.1, 0.15) is 5.75 Å². The van der Waals surface area contributed by atoms with Crippen molar-refractivity contribution in [1.29, 1.82) is 0 Å². The Labute approximate surface area is 184 Å². The van der Waals surface area contributed by atoms with Gasteiger partial charge in [0, 0.05) is 23.6 Å². The molecule has 4 aromatic rings. The van der Waals surface area contributed by atoms with Gasteiger partial charge in [-0.25, -0.2) is 0 Å². The van der Waals surface area contributed by atoms with E-state index in [0.717, 1.165) is 16.8 Å². The first-order chi connectivity index (χ1) is 15.2. The molecule has 0 bridgehead atoms. The molecule has 0 aliphatic carbocycles. The van der Waals surface area contributed by atoms with E-state index in [1.165, 1.54) is 11.8 Å². The molecule has 0 aliphatic rings. The highest BCUT2D eigenvalue weighted by atomic mass is 32.2. The minimum Gasteiger partial charge on any atom is -0.495 e. The molecule has 0 saturated carbocycles. The molecule has 0 fully saturated rings. The van der Waals surface area contributed by atoms with Crippen LogP contribution in [0.4, 0.5) is 5.69 Å². The molecule has 4 rings (SSSR count). The number of nitrogens with one attached hydrogen (secondary N) is 1. The first-order valence-electron chi connectivity index (χ1n) is 9.64. The van der Waals surface area contributed by atoms with Crippen molar-refractivity contribution < 1.29 is 9.53 Å². The average Bonchev–Trinajstić information content (AvgIpc) is 3.23. The maximum atomic E-state index is 12.6. The SMILES string of the molecule is COc1ccc(C)cc1NC(=O)CSc1nnc(-c2ccncc2)n1-c1ccccc1. The number of anilines is 1. The van der Waals surface area contributed by atoms with Crippen LogP contribution in [0, 0.1) is 6.92 Å². The van der Waals surface area contributed by atoms with Gasteiger partial charge in [-0.3, -0.25) is 14.3 Å². The van der Waals surface area contributed by atoms with Crippen molar-refractivity contribution in [2.45, 2.75) is 12.1 Å². The van der Waals surface area contributed by atoms with Gasteiger partial charge in [0.15, 0.2) is 11.0 Å². The van der Waals surface area contributed by atoms with E-state index in [4.69, 9.17) is 4.74 Å². The van der Waals surface area contributed by atoms with Crippen molar-refractivity contribution >= 4 is 23.4 Å². The Balaban J connectivity index is 1.57. The highest BCUT2D eigenvalue weighted by Gasteiger charge is 2.17. The zero-order chi connectivity index (χ0) is 21.6. The van der Waals surface area contributed by atoms with E-state index >= 15 is 0 Å². The summed E-state index contributed by atoms with van der Waals surface area (Å²) in [6.45, 7) is 1.97. The number of aromatic nitrogens is 4. The number of rotatable bonds is 7. The number of para-hydroxylation sites is 1. The van der Waals surface area contributed by atoms with E-state index in [2.05, 4.69) is 20.5 Å². The lowest BCUT2D eigenvalue weighted by Crippen LogP contribution is -2.15. The van der Waals surface area contributed by atoms with Crippen molar-refractivity contribution in [1.82, 2.24) is 19.7 Å². The maximum Gasteiger partial charge on any atom is 0.234 e. The molecule has 1 amide bonds. The topological polar surface area (TPSA) is 81.9 Å². The molecule has 0 unspecified atom stereocenters. The standard InChI is InChI=1S/C23H21N5O2S/c1-16-8-9-20(30-2)19(14-16)25-21(29)15-31-23-27-26-22(17-10-12-24-13-11-17)28(23)18-6-4-3-5-7-18/h3-14H,15H2,1-2H3,(H,25,29). The summed E-state index contributed by atoms with van der Waals surface area (Å²) in [5.41, 5.74) is 3.50. The fraction of sp³-hybridized carbons (Fsp3) is 0.130. The van der Waals surface area contributed by atoms with Gasteiger partial charge in [-0.1, -0.05) is 36.0 Å². The molecule has 31 heavy (non-hydrogen) atoms. The van der Waals surface area contributed by atoms with Crippen LogP contribution in [-0.2, 0) is 4.79 Å². The molecule has 2 aromatic heterocycles. The van der Waals surface area contributed by atoms with Crippen molar-refractivity contribution in [3.8, 4) is 22.8 Å². The Bertz CT molecular complexity index is 1180. The van der Waals surface area contributed by atoms with Crippen molar-refractivity contribution in [3.05, 3.63) is 78.6 Å². The zero-order valence-corrected chi connectivity index (χ0v) is 18.0. The summed E-state index contributed by atoms with van der Waals surface area (Å²) >= 11 is 1.32. The van der Waals surface area contributed by atoms with Gasteiger partial charge in [-0.2, -0.15) is 0 Å². The number of nitrogens with zero attached hydrogens (tertiary/aromatic N) is 4. The number of carbonyl (C=O) groups excluding carboxylic acids is 1. The lowest BCUT2D eigenvalue weighted by molar-refractivity contribution is -0.113. The molecule has 1 N–H and O–H groups in total. The first-order valence-corrected chi connectivity index (χ1v) is 10.6. The van der Waals surface area contributed by atoms with Gasteiger partial charge in [0.2, 0.25) is 5.91 Å². The van der Waals surface area contributed by atoms with Crippen LogP contribution >= 0.6 is 11.8 Å². The van der Waals surface area contributed by atoms with Crippen LogP contribution in [-0.4, -0.2) is 38.5 Å². The number of methoxy groups -OCH3 is 1. The normalized spacial score (nSPS) is 10.6. The maximum absolute atomic E-state index is 12.6. The molecule has 0 spiro atoms. The fourth-order valence-electron chi connectivity index (χ4n) is 3.10. The van der Waals surface area contributed by atoms with E-state index in [1.807, 2.05) is 72.2 Å². The number of hydrogen-bond donors (Lipinski definition) is 1. The molecule has 0 saturated heterocycles. The number of ether oxygens (including phenoxy) is 1. The van der Waals surface area contributed by atoms with Gasteiger partial charge in [-0.15, -0.1) is 10.2 Å². The van der Waals surface area contributed by atoms with E-state index in [9.17, 15) is 4.79 Å². The Kier molecular flexibility index (Phi) is 6.28. The zero-order valence-electron chi connectivity index (χ0n) is 17.1. The van der Waals surface area contributed by atoms with Crippen molar-refractivity contribution in [2.75, 3.05) is 18.2 Å². The first kappa shape index (κ1) is 20.6. The minimum atomic E-state index is -0.151. The molecular weight excluding hydrogens is 410 g/mol. The van der Waals surface area contributed by atoms with Crippen LogP contribution in [0.2, 0.25) is 0 Å². The van der Waals surface area contributed by atoms with Gasteiger partial charge >= 0.3 is 0 Å². The summed E-state index contributed by atoms with van der Waals surface area (Å²) in [5.74, 6) is 1.34. The smallest absolute Gasteiger partial charge is 0.234 e. The fourth-order valence-corrected chi connectivity index (χ4v) is 3.85. The number of aryl methyl sites for hydroxylation is 1. The molecule has 156 valence electrons. The highest BCUT2D eigenvalue weighted by Crippen LogP contribution is 2.29. The lowest BCUT2D eigenvalue weighted by atomic mass is 10.2. The molecule has 8 heteroatoms. The van der Waals surface area contributed by atoms with Gasteiger partial charge < -0.3 is 10.1 Å². The van der Waals surface area contributed by atoms with E-state index < -0.39 is 0 Å². The van der Waals surface area contributed by atoms with Crippen LogP contribution in [0.1, 0.15) is 5.56 Å². The summed E-state index contributed by atoms with van der Waals surface area (Å²) < 4.78 is 7.29. The Morgan fingerprint density at radius 1 is 1.06 bits per heavy atom. The quantitative estimate of drug-likeness (QED) is 0.438. The third-order valence-electron chi connectivity index (χ3n) is 4.55. The largest absolute Gasteiger partial charge is 0.495 e. The Morgan fingerprint density at radius 3 is 2.58 bits per heavy atom. The molecule has 7 nitrogen and oxygen atoms in total. The predicted octanol–water partition coefficient (Wildman–Crippen LogP) is 4.38. The third-order valence-corrected chi connectivity index (χ3v) is 5.48. The molecule has 2 aromatic carbocycles. The monoisotopic (exact) mass is 431 g/mol. The summed E-state index contributed by atoms with van der Waals surface area (Å²) in [5, 5.41) is 12.3. The summed E-state index contributed by atoms with van der Waals surface area (Å²) in [4.78, 5) is 16.7. The highest BCUT2D eigenvalue weighted by molar-refractivity contribution is 7.99. The molecule has 2 heterocycles. The lowest BCUT2D eigenvalue weighted by Gasteiger charge is -2.12. The van der Waals surface area contributed by atoms with Crippen LogP contribution < -0.4 is 10.1 Å². The van der Waals surface area contributed by atoms with Crippen LogP contribution in [0.5, 0.6) is 5.75 Å². The Morgan fingerprint density at radius 2 is 1.84 bits per heavy atom. The molecule has 0 aliphatic heterocycles. The predicted molar refractivity (Wildman–Crippen MR) is 122 cm³/mol. The van der Waals surface area contributed by atoms with Crippen molar-refractivity contribution in [2.24, 2.45) is 0 Å². The van der Waals surface area contributed by atoms with E-state index in [-0.39, 0.29) is 11.7 Å². The molecule has 0 radical (unpaired) electrons. The molecule has 0 atom stereocenters. The van der Waals surface area contributed by atoms with Gasteiger partial charge in [0.25, 0.3) is 0 Å². The number of thioether (sulfide) groups is 1. The number of carbonyl (C=O) groups is 1. The number of pyridine rings is 1. The second-order valence-corrected chi connectivity index (χ2v) is 7.70. The minimum absolute atomic E-state index is 0.151. The Hall–Kier alpha value is -3.65. The van der Waals surface area contributed by atoms with Crippen molar-refractivity contribution in [3.63, 3.8) is 0 Å². The second kappa shape index (κ2) is 9.44. The van der Waals surface area contributed by atoms with Crippen LogP contribution in [0.15, 0.2) is 78.2 Å². The number of hydrogen-bond acceptors (Lipinski definition) is 6. The average molecular weight is 432 g/mol. The third kappa shape index (κ3) is 4.75.